The van der Waals surface area contributed by atoms with Crippen molar-refractivity contribution >= 4 is 23.4 Å². The Kier molecular flexibility index (Phi) is 5.14. The highest BCUT2D eigenvalue weighted by atomic mass is 32.2. The van der Waals surface area contributed by atoms with Gasteiger partial charge in [-0.15, -0.1) is 11.8 Å². The summed E-state index contributed by atoms with van der Waals surface area (Å²) in [7, 11) is 0. The minimum atomic E-state index is -0.818. The SMILES string of the molecule is CSc1cccc(N2CCCCCCC2)c1C(=O)O. The standard InChI is InChI=1S/C15H21NO2S/c1-19-13-9-7-8-12(14(13)15(17)18)16-10-5-3-2-4-6-11-16/h7-9H,2-6,10-11H2,1H3,(H,17,18). The number of thioether (sulfide) groups is 1. The van der Waals surface area contributed by atoms with Crippen LogP contribution in [0, 0.1) is 0 Å². The van der Waals surface area contributed by atoms with Crippen LogP contribution >= 0.6 is 11.8 Å². The van der Waals surface area contributed by atoms with Gasteiger partial charge in [0.05, 0.1) is 11.3 Å². The molecule has 1 aliphatic rings. The van der Waals surface area contributed by atoms with E-state index in [9.17, 15) is 9.90 Å². The minimum Gasteiger partial charge on any atom is -0.478 e. The molecule has 1 aliphatic heterocycles. The van der Waals surface area contributed by atoms with Crippen LogP contribution in [0.3, 0.4) is 0 Å². The van der Waals surface area contributed by atoms with Crippen LogP contribution in [0.1, 0.15) is 42.5 Å². The first-order chi connectivity index (χ1) is 9.24. The lowest BCUT2D eigenvalue weighted by atomic mass is 10.1. The summed E-state index contributed by atoms with van der Waals surface area (Å²) < 4.78 is 0. The fraction of sp³-hybridized carbons (Fsp3) is 0.533. The number of nitrogens with zero attached hydrogens (tertiary/aromatic N) is 1. The average Bonchev–Trinajstić information content (AvgIpc) is 2.37. The molecule has 0 aromatic heterocycles. The average molecular weight is 279 g/mol. The number of rotatable bonds is 3. The van der Waals surface area contributed by atoms with Crippen LogP contribution < -0.4 is 4.90 Å². The number of aromatic carboxylic acids is 1. The summed E-state index contributed by atoms with van der Waals surface area (Å²) in [6.07, 6.45) is 8.05. The van der Waals surface area contributed by atoms with Gasteiger partial charge < -0.3 is 10.0 Å². The van der Waals surface area contributed by atoms with Crippen molar-refractivity contribution in [1.29, 1.82) is 0 Å². The highest BCUT2D eigenvalue weighted by Crippen LogP contribution is 2.31. The van der Waals surface area contributed by atoms with E-state index in [1.165, 1.54) is 31.0 Å². The number of benzene rings is 1. The van der Waals surface area contributed by atoms with Crippen molar-refractivity contribution < 1.29 is 9.90 Å². The first-order valence-corrected chi connectivity index (χ1v) is 8.11. The summed E-state index contributed by atoms with van der Waals surface area (Å²) >= 11 is 1.50. The first kappa shape index (κ1) is 14.3. The third kappa shape index (κ3) is 3.44. The highest BCUT2D eigenvalue weighted by Gasteiger charge is 2.19. The Labute approximate surface area is 119 Å². The summed E-state index contributed by atoms with van der Waals surface area (Å²) in [5.74, 6) is -0.818. The summed E-state index contributed by atoms with van der Waals surface area (Å²) in [5.41, 5.74) is 1.36. The molecule has 1 aromatic carbocycles. The zero-order valence-electron chi connectivity index (χ0n) is 11.4. The molecule has 1 fully saturated rings. The van der Waals surface area contributed by atoms with Crippen molar-refractivity contribution in [3.05, 3.63) is 23.8 Å². The molecule has 0 amide bonds. The van der Waals surface area contributed by atoms with Crippen LogP contribution in [0.25, 0.3) is 0 Å². The Morgan fingerprint density at radius 3 is 2.37 bits per heavy atom. The molecule has 4 heteroatoms. The van der Waals surface area contributed by atoms with Crippen LogP contribution in [0.2, 0.25) is 0 Å². The van der Waals surface area contributed by atoms with Gasteiger partial charge in [-0.05, 0) is 31.2 Å². The van der Waals surface area contributed by atoms with E-state index in [-0.39, 0.29) is 0 Å². The number of anilines is 1. The maximum Gasteiger partial charge on any atom is 0.338 e. The number of hydrogen-bond donors (Lipinski definition) is 1. The van der Waals surface area contributed by atoms with Crippen LogP contribution in [0.15, 0.2) is 23.1 Å². The van der Waals surface area contributed by atoms with E-state index in [1.807, 2.05) is 24.5 Å². The molecule has 2 rings (SSSR count). The molecule has 0 aliphatic carbocycles. The quantitative estimate of drug-likeness (QED) is 0.853. The van der Waals surface area contributed by atoms with E-state index in [0.29, 0.717) is 5.56 Å². The van der Waals surface area contributed by atoms with Gasteiger partial charge in [0.1, 0.15) is 0 Å². The largest absolute Gasteiger partial charge is 0.478 e. The lowest BCUT2D eigenvalue weighted by Crippen LogP contribution is -2.28. The first-order valence-electron chi connectivity index (χ1n) is 6.89. The van der Waals surface area contributed by atoms with E-state index in [0.717, 1.165) is 36.5 Å². The number of carboxylic acids is 1. The van der Waals surface area contributed by atoms with E-state index < -0.39 is 5.97 Å². The predicted molar refractivity (Wildman–Crippen MR) is 80.5 cm³/mol. The second-order valence-corrected chi connectivity index (χ2v) is 5.76. The number of carbonyl (C=O) groups is 1. The Morgan fingerprint density at radius 1 is 1.16 bits per heavy atom. The van der Waals surface area contributed by atoms with Crippen LogP contribution in [-0.4, -0.2) is 30.4 Å². The van der Waals surface area contributed by atoms with Crippen LogP contribution in [-0.2, 0) is 0 Å². The molecule has 1 N–H and O–H groups in total. The molecule has 104 valence electrons. The molecule has 0 unspecified atom stereocenters. The summed E-state index contributed by atoms with van der Waals surface area (Å²) in [6.45, 7) is 1.94. The molecule has 19 heavy (non-hydrogen) atoms. The molecular formula is C15H21NO2S. The topological polar surface area (TPSA) is 40.5 Å². The zero-order chi connectivity index (χ0) is 13.7. The van der Waals surface area contributed by atoms with E-state index in [2.05, 4.69) is 4.90 Å². The smallest absolute Gasteiger partial charge is 0.338 e. The maximum absolute atomic E-state index is 11.6. The lowest BCUT2D eigenvalue weighted by molar-refractivity contribution is 0.0694. The van der Waals surface area contributed by atoms with Gasteiger partial charge >= 0.3 is 5.97 Å². The van der Waals surface area contributed by atoms with Crippen molar-refractivity contribution in [2.24, 2.45) is 0 Å². The van der Waals surface area contributed by atoms with Crippen molar-refractivity contribution in [2.75, 3.05) is 24.2 Å². The molecule has 0 atom stereocenters. The third-order valence-corrected chi connectivity index (χ3v) is 4.41. The fourth-order valence-electron chi connectivity index (χ4n) is 2.66. The van der Waals surface area contributed by atoms with Crippen molar-refractivity contribution in [2.45, 2.75) is 37.0 Å². The van der Waals surface area contributed by atoms with Gasteiger partial charge in [-0.1, -0.05) is 25.3 Å². The van der Waals surface area contributed by atoms with Gasteiger partial charge in [0, 0.05) is 18.0 Å². The van der Waals surface area contributed by atoms with E-state index in [4.69, 9.17) is 0 Å². The van der Waals surface area contributed by atoms with Crippen molar-refractivity contribution in [3.8, 4) is 0 Å². The predicted octanol–water partition coefficient (Wildman–Crippen LogP) is 3.88. The Bertz CT molecular complexity index is 440. The van der Waals surface area contributed by atoms with Gasteiger partial charge in [0.25, 0.3) is 0 Å². The maximum atomic E-state index is 11.6. The zero-order valence-corrected chi connectivity index (χ0v) is 12.2. The summed E-state index contributed by atoms with van der Waals surface area (Å²) in [6, 6.07) is 5.80. The second kappa shape index (κ2) is 6.85. The van der Waals surface area contributed by atoms with Crippen molar-refractivity contribution in [3.63, 3.8) is 0 Å². The Hall–Kier alpha value is -1.16. The van der Waals surface area contributed by atoms with E-state index in [1.54, 1.807) is 0 Å². The monoisotopic (exact) mass is 279 g/mol. The number of hydrogen-bond acceptors (Lipinski definition) is 3. The minimum absolute atomic E-state index is 0.468. The van der Waals surface area contributed by atoms with Gasteiger partial charge in [-0.25, -0.2) is 4.79 Å². The van der Waals surface area contributed by atoms with Crippen LogP contribution in [0.4, 0.5) is 5.69 Å². The summed E-state index contributed by atoms with van der Waals surface area (Å²) in [5, 5.41) is 9.49. The van der Waals surface area contributed by atoms with Gasteiger partial charge in [-0.2, -0.15) is 0 Å². The molecule has 1 saturated heterocycles. The lowest BCUT2D eigenvalue weighted by Gasteiger charge is -2.28. The molecule has 1 heterocycles. The molecule has 0 saturated carbocycles. The molecular weight excluding hydrogens is 258 g/mol. The highest BCUT2D eigenvalue weighted by molar-refractivity contribution is 7.98. The second-order valence-electron chi connectivity index (χ2n) is 4.91. The van der Waals surface area contributed by atoms with Crippen molar-refractivity contribution in [1.82, 2.24) is 0 Å². The molecule has 0 spiro atoms. The Balaban J connectivity index is 2.33. The fourth-order valence-corrected chi connectivity index (χ4v) is 3.27. The Morgan fingerprint density at radius 2 is 1.79 bits per heavy atom. The molecule has 3 nitrogen and oxygen atoms in total. The summed E-state index contributed by atoms with van der Waals surface area (Å²) in [4.78, 5) is 14.7. The van der Waals surface area contributed by atoms with Gasteiger partial charge in [0.15, 0.2) is 0 Å². The normalized spacial score (nSPS) is 16.8. The third-order valence-electron chi connectivity index (χ3n) is 3.63. The van der Waals surface area contributed by atoms with E-state index >= 15 is 0 Å². The molecule has 1 aromatic rings. The van der Waals surface area contributed by atoms with Gasteiger partial charge in [-0.3, -0.25) is 0 Å². The van der Waals surface area contributed by atoms with Gasteiger partial charge in [0.2, 0.25) is 0 Å². The van der Waals surface area contributed by atoms with Crippen LogP contribution in [0.5, 0.6) is 0 Å². The molecule has 0 radical (unpaired) electrons. The molecule has 0 bridgehead atoms. The number of carboxylic acid groups (broad SMARTS) is 1.